The molecule has 1 aromatic carbocycles. The summed E-state index contributed by atoms with van der Waals surface area (Å²) in [5.74, 6) is -0.0622. The molecule has 0 radical (unpaired) electrons. The van der Waals surface area contributed by atoms with Crippen molar-refractivity contribution in [2.45, 2.75) is 51.6 Å². The Kier molecular flexibility index (Phi) is 5.35. The van der Waals surface area contributed by atoms with E-state index in [9.17, 15) is 4.79 Å². The molecule has 2 unspecified atom stereocenters. The van der Waals surface area contributed by atoms with Crippen LogP contribution in [0.5, 0.6) is 0 Å². The van der Waals surface area contributed by atoms with E-state index in [0.29, 0.717) is 6.42 Å². The molecule has 0 aliphatic heterocycles. The Balaban J connectivity index is 2.50. The lowest BCUT2D eigenvalue weighted by molar-refractivity contribution is -0.126. The Bertz CT molecular complexity index is 373. The number of amides is 1. The van der Waals surface area contributed by atoms with Gasteiger partial charge in [0.25, 0.3) is 0 Å². The van der Waals surface area contributed by atoms with Gasteiger partial charge < -0.3 is 11.1 Å². The summed E-state index contributed by atoms with van der Waals surface area (Å²) < 4.78 is 0. The maximum absolute atomic E-state index is 12.0. The number of hydrogen-bond acceptors (Lipinski definition) is 2. The fourth-order valence-corrected chi connectivity index (χ4v) is 2.04. The minimum atomic E-state index is -0.764. The van der Waals surface area contributed by atoms with Crippen LogP contribution in [0.25, 0.3) is 0 Å². The molecule has 0 spiro atoms. The monoisotopic (exact) mass is 248 g/mol. The van der Waals surface area contributed by atoms with Gasteiger partial charge >= 0.3 is 0 Å². The van der Waals surface area contributed by atoms with Crippen LogP contribution in [0.3, 0.4) is 0 Å². The molecule has 2 atom stereocenters. The van der Waals surface area contributed by atoms with Gasteiger partial charge in [0.05, 0.1) is 5.54 Å². The Morgan fingerprint density at radius 3 is 2.56 bits per heavy atom. The quantitative estimate of drug-likeness (QED) is 0.811. The summed E-state index contributed by atoms with van der Waals surface area (Å²) in [7, 11) is 0. The molecule has 0 saturated carbocycles. The third-order valence-electron chi connectivity index (χ3n) is 3.05. The zero-order chi connectivity index (χ0) is 13.6. The summed E-state index contributed by atoms with van der Waals surface area (Å²) in [5.41, 5.74) is 6.46. The van der Waals surface area contributed by atoms with Crippen molar-refractivity contribution >= 4 is 5.91 Å². The molecule has 0 aliphatic carbocycles. The number of nitrogens with one attached hydrogen (secondary N) is 1. The second-order valence-corrected chi connectivity index (χ2v) is 5.23. The lowest BCUT2D eigenvalue weighted by atomic mass is 9.95. The predicted octanol–water partition coefficient (Wildman–Crippen LogP) is 2.25. The van der Waals surface area contributed by atoms with E-state index in [1.807, 2.05) is 32.0 Å². The van der Waals surface area contributed by atoms with Crippen LogP contribution in [0.1, 0.15) is 39.2 Å². The Hall–Kier alpha value is -1.35. The van der Waals surface area contributed by atoms with Crippen molar-refractivity contribution in [3.63, 3.8) is 0 Å². The molecule has 0 aromatic heterocycles. The SMILES string of the molecule is CCCC(C)(N)C(=O)NC(C)Cc1ccccc1. The van der Waals surface area contributed by atoms with E-state index >= 15 is 0 Å². The molecule has 3 heteroatoms. The van der Waals surface area contributed by atoms with Crippen molar-refractivity contribution in [3.05, 3.63) is 35.9 Å². The average Bonchev–Trinajstić information content (AvgIpc) is 2.29. The minimum absolute atomic E-state index is 0.0622. The van der Waals surface area contributed by atoms with E-state index in [4.69, 9.17) is 5.73 Å². The van der Waals surface area contributed by atoms with Crippen LogP contribution in [0.15, 0.2) is 30.3 Å². The molecule has 0 saturated heterocycles. The summed E-state index contributed by atoms with van der Waals surface area (Å²) >= 11 is 0. The second kappa shape index (κ2) is 6.55. The molecule has 0 bridgehead atoms. The first-order valence-electron chi connectivity index (χ1n) is 6.59. The normalized spacial score (nSPS) is 15.8. The molecular formula is C15H24N2O. The average molecular weight is 248 g/mol. The Morgan fingerprint density at radius 1 is 1.39 bits per heavy atom. The maximum atomic E-state index is 12.0. The predicted molar refractivity (Wildman–Crippen MR) is 75.3 cm³/mol. The number of hydrogen-bond donors (Lipinski definition) is 2. The Morgan fingerprint density at radius 2 is 2.00 bits per heavy atom. The van der Waals surface area contributed by atoms with Gasteiger partial charge in [0.2, 0.25) is 5.91 Å². The Labute approximate surface area is 110 Å². The number of nitrogens with two attached hydrogens (primary N) is 1. The van der Waals surface area contributed by atoms with Gasteiger partial charge in [-0.25, -0.2) is 0 Å². The molecule has 1 amide bonds. The van der Waals surface area contributed by atoms with Crippen LogP contribution in [-0.4, -0.2) is 17.5 Å². The minimum Gasteiger partial charge on any atom is -0.352 e. The molecular weight excluding hydrogens is 224 g/mol. The van der Waals surface area contributed by atoms with E-state index in [2.05, 4.69) is 17.4 Å². The van der Waals surface area contributed by atoms with Gasteiger partial charge in [-0.15, -0.1) is 0 Å². The van der Waals surface area contributed by atoms with E-state index < -0.39 is 5.54 Å². The van der Waals surface area contributed by atoms with Gasteiger partial charge in [-0.1, -0.05) is 43.7 Å². The largest absolute Gasteiger partial charge is 0.352 e. The van der Waals surface area contributed by atoms with Crippen molar-refractivity contribution in [2.75, 3.05) is 0 Å². The summed E-state index contributed by atoms with van der Waals surface area (Å²) in [6, 6.07) is 10.2. The van der Waals surface area contributed by atoms with Gasteiger partial charge in [0.1, 0.15) is 0 Å². The summed E-state index contributed by atoms with van der Waals surface area (Å²) in [4.78, 5) is 12.0. The van der Waals surface area contributed by atoms with Crippen LogP contribution in [0.2, 0.25) is 0 Å². The molecule has 0 fully saturated rings. The fourth-order valence-electron chi connectivity index (χ4n) is 2.04. The van der Waals surface area contributed by atoms with Crippen LogP contribution in [0, 0.1) is 0 Å². The lowest BCUT2D eigenvalue weighted by Gasteiger charge is -2.25. The highest BCUT2D eigenvalue weighted by Crippen LogP contribution is 2.10. The van der Waals surface area contributed by atoms with Crippen LogP contribution in [-0.2, 0) is 11.2 Å². The smallest absolute Gasteiger partial charge is 0.240 e. The van der Waals surface area contributed by atoms with Crippen LogP contribution < -0.4 is 11.1 Å². The molecule has 3 N–H and O–H groups in total. The highest BCUT2D eigenvalue weighted by atomic mass is 16.2. The molecule has 3 nitrogen and oxygen atoms in total. The number of carbonyl (C=O) groups excluding carboxylic acids is 1. The van der Waals surface area contributed by atoms with Crippen molar-refractivity contribution < 1.29 is 4.79 Å². The van der Waals surface area contributed by atoms with Crippen molar-refractivity contribution in [1.29, 1.82) is 0 Å². The first-order chi connectivity index (χ1) is 8.45. The topological polar surface area (TPSA) is 55.1 Å². The molecule has 18 heavy (non-hydrogen) atoms. The van der Waals surface area contributed by atoms with Crippen LogP contribution in [0.4, 0.5) is 0 Å². The summed E-state index contributed by atoms with van der Waals surface area (Å²) in [6.07, 6.45) is 2.44. The zero-order valence-electron chi connectivity index (χ0n) is 11.6. The molecule has 0 aliphatic rings. The third-order valence-corrected chi connectivity index (χ3v) is 3.05. The zero-order valence-corrected chi connectivity index (χ0v) is 11.6. The number of benzene rings is 1. The van der Waals surface area contributed by atoms with Gasteiger partial charge in [0, 0.05) is 6.04 Å². The van der Waals surface area contributed by atoms with E-state index in [1.54, 1.807) is 6.92 Å². The molecule has 1 aromatic rings. The third kappa shape index (κ3) is 4.49. The number of rotatable bonds is 6. The van der Waals surface area contributed by atoms with Gasteiger partial charge in [-0.3, -0.25) is 4.79 Å². The van der Waals surface area contributed by atoms with E-state index in [-0.39, 0.29) is 11.9 Å². The van der Waals surface area contributed by atoms with Gasteiger partial charge in [0.15, 0.2) is 0 Å². The number of carbonyl (C=O) groups is 1. The summed E-state index contributed by atoms with van der Waals surface area (Å²) in [6.45, 7) is 5.83. The summed E-state index contributed by atoms with van der Waals surface area (Å²) in [5, 5.41) is 2.99. The van der Waals surface area contributed by atoms with E-state index in [0.717, 1.165) is 12.8 Å². The van der Waals surface area contributed by atoms with E-state index in [1.165, 1.54) is 5.56 Å². The molecule has 100 valence electrons. The first kappa shape index (κ1) is 14.7. The van der Waals surface area contributed by atoms with Crippen LogP contribution >= 0.6 is 0 Å². The standard InChI is InChI=1S/C15H24N2O/c1-4-10-15(3,16)14(18)17-12(2)11-13-8-6-5-7-9-13/h5-9,12H,4,10-11,16H2,1-3H3,(H,17,18). The van der Waals surface area contributed by atoms with Gasteiger partial charge in [-0.05, 0) is 32.3 Å². The van der Waals surface area contributed by atoms with Crippen molar-refractivity contribution in [2.24, 2.45) is 5.73 Å². The molecule has 0 heterocycles. The lowest BCUT2D eigenvalue weighted by Crippen LogP contribution is -2.53. The fraction of sp³-hybridized carbons (Fsp3) is 0.533. The highest BCUT2D eigenvalue weighted by Gasteiger charge is 2.27. The molecule has 1 rings (SSSR count). The first-order valence-corrected chi connectivity index (χ1v) is 6.59. The van der Waals surface area contributed by atoms with Crippen molar-refractivity contribution in [3.8, 4) is 0 Å². The van der Waals surface area contributed by atoms with Gasteiger partial charge in [-0.2, -0.15) is 0 Å². The highest BCUT2D eigenvalue weighted by molar-refractivity contribution is 5.85. The second-order valence-electron chi connectivity index (χ2n) is 5.23. The van der Waals surface area contributed by atoms with Crippen molar-refractivity contribution in [1.82, 2.24) is 5.32 Å². The maximum Gasteiger partial charge on any atom is 0.240 e.